The number of hydrogen-bond acceptors (Lipinski definition) is 4. The molecule has 94 valence electrons. The van der Waals surface area contributed by atoms with Gasteiger partial charge in [0.25, 0.3) is 0 Å². The molecule has 0 amide bonds. The van der Waals surface area contributed by atoms with Crippen molar-refractivity contribution in [1.82, 2.24) is 15.5 Å². The van der Waals surface area contributed by atoms with Crippen molar-refractivity contribution < 1.29 is 8.91 Å². The quantitative estimate of drug-likeness (QED) is 0.885. The topological polar surface area (TPSA) is 51.0 Å². The molecule has 1 aromatic carbocycles. The van der Waals surface area contributed by atoms with Gasteiger partial charge in [0, 0.05) is 5.92 Å². The predicted molar refractivity (Wildman–Crippen MR) is 64.5 cm³/mol. The lowest BCUT2D eigenvalue weighted by atomic mass is 9.98. The maximum Gasteiger partial charge on any atom is 0.230 e. The molecule has 1 N–H and O–H groups in total. The summed E-state index contributed by atoms with van der Waals surface area (Å²) in [6.07, 6.45) is 1.97. The van der Waals surface area contributed by atoms with Gasteiger partial charge in [-0.1, -0.05) is 17.3 Å². The van der Waals surface area contributed by atoms with E-state index < -0.39 is 0 Å². The molecule has 5 heteroatoms. The highest BCUT2D eigenvalue weighted by Gasteiger charge is 2.22. The fourth-order valence-corrected chi connectivity index (χ4v) is 2.22. The molecule has 2 aromatic rings. The lowest BCUT2D eigenvalue weighted by Gasteiger charge is -2.18. The number of aromatic nitrogens is 2. The van der Waals surface area contributed by atoms with Crippen LogP contribution in [-0.4, -0.2) is 23.2 Å². The van der Waals surface area contributed by atoms with Crippen LogP contribution in [0.15, 0.2) is 28.8 Å². The molecule has 1 fully saturated rings. The Labute approximate surface area is 104 Å². The Bertz CT molecular complexity index is 535. The fourth-order valence-electron chi connectivity index (χ4n) is 2.22. The minimum Gasteiger partial charge on any atom is -0.339 e. The van der Waals surface area contributed by atoms with E-state index in [-0.39, 0.29) is 5.82 Å². The van der Waals surface area contributed by atoms with E-state index in [9.17, 15) is 4.39 Å². The monoisotopic (exact) mass is 247 g/mol. The van der Waals surface area contributed by atoms with E-state index in [0.717, 1.165) is 25.9 Å². The smallest absolute Gasteiger partial charge is 0.230 e. The Morgan fingerprint density at radius 3 is 2.78 bits per heavy atom. The van der Waals surface area contributed by atoms with Gasteiger partial charge >= 0.3 is 0 Å². The van der Waals surface area contributed by atoms with E-state index in [1.165, 1.54) is 6.07 Å². The molecule has 18 heavy (non-hydrogen) atoms. The molecule has 0 aliphatic carbocycles. The zero-order valence-corrected chi connectivity index (χ0v) is 9.90. The molecule has 1 saturated heterocycles. The first-order valence-electron chi connectivity index (χ1n) is 6.14. The Balaban J connectivity index is 1.87. The molecule has 3 rings (SSSR count). The van der Waals surface area contributed by atoms with E-state index in [0.29, 0.717) is 23.2 Å². The molecule has 0 saturated carbocycles. The van der Waals surface area contributed by atoms with Gasteiger partial charge < -0.3 is 9.84 Å². The van der Waals surface area contributed by atoms with Crippen LogP contribution in [0.5, 0.6) is 0 Å². The van der Waals surface area contributed by atoms with Crippen LogP contribution in [0.2, 0.25) is 0 Å². The first-order valence-corrected chi connectivity index (χ1v) is 6.14. The highest BCUT2D eigenvalue weighted by atomic mass is 19.1. The van der Waals surface area contributed by atoms with E-state index in [1.807, 2.05) is 0 Å². The van der Waals surface area contributed by atoms with E-state index in [4.69, 9.17) is 4.52 Å². The molecular formula is C13H14FN3O. The zero-order chi connectivity index (χ0) is 12.4. The molecule has 0 atom stereocenters. The molecule has 4 nitrogen and oxygen atoms in total. The normalized spacial score (nSPS) is 16.9. The Kier molecular flexibility index (Phi) is 3.06. The standard InChI is InChI=1S/C13H14FN3O/c14-11-4-2-1-3-10(11)12-16-13(18-17-12)9-5-7-15-8-6-9/h1-4,9,15H,5-8H2. The number of rotatable bonds is 2. The third-order valence-electron chi connectivity index (χ3n) is 3.24. The van der Waals surface area contributed by atoms with Crippen LogP contribution in [0.1, 0.15) is 24.7 Å². The van der Waals surface area contributed by atoms with Crippen molar-refractivity contribution in [2.24, 2.45) is 0 Å². The lowest BCUT2D eigenvalue weighted by Crippen LogP contribution is -2.26. The van der Waals surface area contributed by atoms with E-state index in [2.05, 4.69) is 15.5 Å². The summed E-state index contributed by atoms with van der Waals surface area (Å²) in [4.78, 5) is 4.32. The van der Waals surface area contributed by atoms with Crippen molar-refractivity contribution in [3.8, 4) is 11.4 Å². The van der Waals surface area contributed by atoms with Gasteiger partial charge in [-0.2, -0.15) is 4.98 Å². The van der Waals surface area contributed by atoms with Crippen molar-refractivity contribution in [3.05, 3.63) is 36.0 Å². The summed E-state index contributed by atoms with van der Waals surface area (Å²) >= 11 is 0. The number of benzene rings is 1. The first kappa shape index (κ1) is 11.3. The number of halogens is 1. The van der Waals surface area contributed by atoms with Gasteiger partial charge in [0.05, 0.1) is 5.56 Å². The summed E-state index contributed by atoms with van der Waals surface area (Å²) in [5.41, 5.74) is 0.390. The molecule has 2 heterocycles. The Hall–Kier alpha value is -1.75. The van der Waals surface area contributed by atoms with Crippen molar-refractivity contribution >= 4 is 0 Å². The maximum atomic E-state index is 13.6. The Morgan fingerprint density at radius 2 is 2.00 bits per heavy atom. The summed E-state index contributed by atoms with van der Waals surface area (Å²) < 4.78 is 18.9. The van der Waals surface area contributed by atoms with E-state index >= 15 is 0 Å². The highest BCUT2D eigenvalue weighted by Crippen LogP contribution is 2.26. The van der Waals surface area contributed by atoms with Gasteiger partial charge in [0.1, 0.15) is 5.82 Å². The second kappa shape index (κ2) is 4.86. The van der Waals surface area contributed by atoms with Crippen LogP contribution in [0.4, 0.5) is 4.39 Å². The summed E-state index contributed by atoms with van der Waals surface area (Å²) in [5.74, 6) is 0.922. The highest BCUT2D eigenvalue weighted by molar-refractivity contribution is 5.54. The summed E-state index contributed by atoms with van der Waals surface area (Å²) in [7, 11) is 0. The first-order chi connectivity index (χ1) is 8.84. The molecular weight excluding hydrogens is 233 g/mol. The van der Waals surface area contributed by atoms with Crippen molar-refractivity contribution in [3.63, 3.8) is 0 Å². The van der Waals surface area contributed by atoms with Crippen LogP contribution in [0.3, 0.4) is 0 Å². The average Bonchev–Trinajstić information content (AvgIpc) is 2.90. The van der Waals surface area contributed by atoms with Gasteiger partial charge in [-0.3, -0.25) is 0 Å². The van der Waals surface area contributed by atoms with E-state index in [1.54, 1.807) is 18.2 Å². The molecule has 1 aliphatic heterocycles. The van der Waals surface area contributed by atoms with Crippen LogP contribution in [-0.2, 0) is 0 Å². The predicted octanol–water partition coefficient (Wildman–Crippen LogP) is 2.34. The Morgan fingerprint density at radius 1 is 1.22 bits per heavy atom. The summed E-state index contributed by atoms with van der Waals surface area (Å²) in [6, 6.07) is 6.47. The summed E-state index contributed by atoms with van der Waals surface area (Å²) in [6.45, 7) is 1.92. The van der Waals surface area contributed by atoms with Crippen molar-refractivity contribution in [2.75, 3.05) is 13.1 Å². The van der Waals surface area contributed by atoms with Crippen LogP contribution >= 0.6 is 0 Å². The molecule has 0 radical (unpaired) electrons. The number of hydrogen-bond donors (Lipinski definition) is 1. The van der Waals surface area contributed by atoms with Crippen LogP contribution < -0.4 is 5.32 Å². The van der Waals surface area contributed by atoms with Crippen molar-refractivity contribution in [1.29, 1.82) is 0 Å². The second-order valence-corrected chi connectivity index (χ2v) is 4.46. The number of nitrogens with zero attached hydrogens (tertiary/aromatic N) is 2. The molecule has 0 spiro atoms. The van der Waals surface area contributed by atoms with Gasteiger partial charge in [-0.05, 0) is 38.1 Å². The average molecular weight is 247 g/mol. The maximum absolute atomic E-state index is 13.6. The molecule has 1 aromatic heterocycles. The third-order valence-corrected chi connectivity index (χ3v) is 3.24. The largest absolute Gasteiger partial charge is 0.339 e. The second-order valence-electron chi connectivity index (χ2n) is 4.46. The van der Waals surface area contributed by atoms with Gasteiger partial charge in [0.15, 0.2) is 0 Å². The lowest BCUT2D eigenvalue weighted by molar-refractivity contribution is 0.320. The van der Waals surface area contributed by atoms with Crippen LogP contribution in [0, 0.1) is 5.82 Å². The minimum absolute atomic E-state index is 0.291. The molecule has 0 bridgehead atoms. The molecule has 0 unspecified atom stereocenters. The number of piperidine rings is 1. The summed E-state index contributed by atoms with van der Waals surface area (Å²) in [5, 5.41) is 7.16. The molecule has 1 aliphatic rings. The third kappa shape index (κ3) is 2.13. The van der Waals surface area contributed by atoms with Crippen molar-refractivity contribution in [2.45, 2.75) is 18.8 Å². The zero-order valence-electron chi connectivity index (χ0n) is 9.90. The van der Waals surface area contributed by atoms with Crippen LogP contribution in [0.25, 0.3) is 11.4 Å². The minimum atomic E-state index is -0.324. The van der Waals surface area contributed by atoms with Gasteiger partial charge in [0.2, 0.25) is 11.7 Å². The fraction of sp³-hybridized carbons (Fsp3) is 0.385. The van der Waals surface area contributed by atoms with Gasteiger partial charge in [-0.15, -0.1) is 0 Å². The number of nitrogens with one attached hydrogen (secondary N) is 1. The van der Waals surface area contributed by atoms with Gasteiger partial charge in [-0.25, -0.2) is 4.39 Å². The SMILES string of the molecule is Fc1ccccc1-c1noc(C2CCNCC2)n1.